The predicted molar refractivity (Wildman–Crippen MR) is 58.3 cm³/mol. The normalized spacial score (nSPS) is 14.3. The number of sulfone groups is 1. The summed E-state index contributed by atoms with van der Waals surface area (Å²) in [6.45, 7) is 0. The molecule has 0 saturated carbocycles. The van der Waals surface area contributed by atoms with Crippen molar-refractivity contribution in [1.82, 2.24) is 0 Å². The Hall–Kier alpha value is -1.03. The largest absolute Gasteiger partial charge is 0.435 e. The van der Waals surface area contributed by atoms with Crippen LogP contribution in [0.15, 0.2) is 17.0 Å². The van der Waals surface area contributed by atoms with Gasteiger partial charge in [-0.05, 0) is 12.1 Å². The van der Waals surface area contributed by atoms with Gasteiger partial charge in [-0.3, -0.25) is 0 Å². The lowest BCUT2D eigenvalue weighted by Gasteiger charge is -2.30. The van der Waals surface area contributed by atoms with Gasteiger partial charge in [0.15, 0.2) is 9.84 Å². The molecule has 1 radical (unpaired) electrons. The van der Waals surface area contributed by atoms with Crippen molar-refractivity contribution in [2.45, 2.75) is 22.9 Å². The molecule has 11 heteroatoms. The molecular weight excluding hydrogens is 353 g/mol. The van der Waals surface area contributed by atoms with Gasteiger partial charge < -0.3 is 0 Å². The van der Waals surface area contributed by atoms with Crippen LogP contribution in [0.3, 0.4) is 0 Å². The number of hydrogen-bond acceptors (Lipinski definition) is 2. The number of halogens is 8. The van der Waals surface area contributed by atoms with E-state index in [1.807, 2.05) is 6.07 Å². The fourth-order valence-corrected chi connectivity index (χ4v) is 2.31. The number of rotatable bonds is 2. The molecule has 0 aliphatic heterocycles. The van der Waals surface area contributed by atoms with Crippen LogP contribution < -0.4 is 0 Å². The molecule has 0 spiro atoms. The summed E-state index contributed by atoms with van der Waals surface area (Å²) in [6, 6.07) is 1.77. The highest BCUT2D eigenvalue weighted by molar-refractivity contribution is 7.90. The Balaban J connectivity index is 3.74. The Labute approximate surface area is 119 Å². The van der Waals surface area contributed by atoms with E-state index in [1.165, 1.54) is 0 Å². The second kappa shape index (κ2) is 5.01. The Morgan fingerprint density at radius 2 is 1.43 bits per heavy atom. The minimum absolute atomic E-state index is 0.0250. The second-order valence-corrected chi connectivity index (χ2v) is 6.40. The third kappa shape index (κ3) is 3.25. The van der Waals surface area contributed by atoms with Gasteiger partial charge in [0.1, 0.15) is 0 Å². The SMILES string of the molecule is CS(=O)(=O)c1[c]c(Cl)cc(C(F)(C(F)(F)F)C(F)(F)F)c1. The summed E-state index contributed by atoms with van der Waals surface area (Å²) in [5.41, 5.74) is -7.73. The Morgan fingerprint density at radius 1 is 1.00 bits per heavy atom. The maximum atomic E-state index is 13.8. The highest BCUT2D eigenvalue weighted by atomic mass is 35.5. The molecule has 0 bridgehead atoms. The first-order valence-electron chi connectivity index (χ1n) is 4.86. The topological polar surface area (TPSA) is 34.1 Å². The lowest BCUT2D eigenvalue weighted by atomic mass is 9.94. The smallest absolute Gasteiger partial charge is 0.224 e. The Kier molecular flexibility index (Phi) is 4.30. The van der Waals surface area contributed by atoms with E-state index in [0.717, 1.165) is 0 Å². The molecule has 0 aliphatic rings. The van der Waals surface area contributed by atoms with Crippen molar-refractivity contribution in [3.8, 4) is 0 Å². The molecule has 0 unspecified atom stereocenters. The average Bonchev–Trinajstić information content (AvgIpc) is 2.22. The summed E-state index contributed by atoms with van der Waals surface area (Å²) in [7, 11) is -4.24. The summed E-state index contributed by atoms with van der Waals surface area (Å²) < 4.78 is 111. The summed E-state index contributed by atoms with van der Waals surface area (Å²) in [5, 5.41) is -0.900. The molecular formula is C10H5ClF7O2S. The highest BCUT2D eigenvalue weighted by Gasteiger charge is 2.73. The maximum absolute atomic E-state index is 13.8. The molecule has 21 heavy (non-hydrogen) atoms. The van der Waals surface area contributed by atoms with E-state index in [0.29, 0.717) is 6.26 Å². The van der Waals surface area contributed by atoms with E-state index in [4.69, 9.17) is 11.6 Å². The van der Waals surface area contributed by atoms with Gasteiger partial charge in [0.05, 0.1) is 9.92 Å². The van der Waals surface area contributed by atoms with Crippen LogP contribution in [-0.2, 0) is 15.5 Å². The van der Waals surface area contributed by atoms with Crippen molar-refractivity contribution < 1.29 is 39.2 Å². The zero-order valence-electron chi connectivity index (χ0n) is 9.90. The van der Waals surface area contributed by atoms with E-state index < -0.39 is 43.3 Å². The van der Waals surface area contributed by atoms with Gasteiger partial charge in [0, 0.05) is 17.9 Å². The molecule has 0 N–H and O–H groups in total. The summed E-state index contributed by atoms with van der Waals surface area (Å²) in [4.78, 5) is -1.08. The van der Waals surface area contributed by atoms with Crippen molar-refractivity contribution >= 4 is 21.4 Å². The molecule has 2 nitrogen and oxygen atoms in total. The minimum atomic E-state index is -6.36. The van der Waals surface area contributed by atoms with E-state index in [1.54, 1.807) is 0 Å². The van der Waals surface area contributed by atoms with E-state index >= 15 is 0 Å². The molecule has 0 aromatic heterocycles. The first-order chi connectivity index (χ1) is 9.10. The third-order valence-electron chi connectivity index (χ3n) is 2.39. The van der Waals surface area contributed by atoms with Crippen LogP contribution in [0.5, 0.6) is 0 Å². The lowest BCUT2D eigenvalue weighted by molar-refractivity contribution is -0.348. The predicted octanol–water partition coefficient (Wildman–Crippen LogP) is 3.83. The lowest BCUT2D eigenvalue weighted by Crippen LogP contribution is -2.50. The quantitative estimate of drug-likeness (QED) is 0.754. The van der Waals surface area contributed by atoms with E-state index in [-0.39, 0.29) is 12.1 Å². The van der Waals surface area contributed by atoms with Gasteiger partial charge in [-0.2, -0.15) is 26.3 Å². The van der Waals surface area contributed by atoms with Crippen LogP contribution in [0.2, 0.25) is 5.02 Å². The van der Waals surface area contributed by atoms with Crippen LogP contribution in [0, 0.1) is 6.07 Å². The molecule has 1 aromatic carbocycles. The molecule has 0 amide bonds. The first kappa shape index (κ1) is 18.0. The number of alkyl halides is 7. The van der Waals surface area contributed by atoms with Gasteiger partial charge >= 0.3 is 18.0 Å². The van der Waals surface area contributed by atoms with Gasteiger partial charge in [-0.25, -0.2) is 12.8 Å². The van der Waals surface area contributed by atoms with Gasteiger partial charge in [-0.1, -0.05) is 11.6 Å². The third-order valence-corrected chi connectivity index (χ3v) is 3.61. The minimum Gasteiger partial charge on any atom is -0.224 e. The summed E-state index contributed by atoms with van der Waals surface area (Å²) >= 11 is 5.24. The van der Waals surface area contributed by atoms with Crippen LogP contribution in [0.4, 0.5) is 30.7 Å². The average molecular weight is 358 g/mol. The fraction of sp³-hybridized carbons (Fsp3) is 0.400. The van der Waals surface area contributed by atoms with Gasteiger partial charge in [0.25, 0.3) is 0 Å². The zero-order valence-corrected chi connectivity index (χ0v) is 11.5. The van der Waals surface area contributed by atoms with Crippen LogP contribution in [0.1, 0.15) is 5.56 Å². The van der Waals surface area contributed by atoms with Crippen LogP contribution >= 0.6 is 11.6 Å². The fourth-order valence-electron chi connectivity index (χ4n) is 1.40. The van der Waals surface area contributed by atoms with Crippen molar-refractivity contribution in [3.63, 3.8) is 0 Å². The van der Waals surface area contributed by atoms with E-state index in [9.17, 15) is 39.2 Å². The molecule has 1 aromatic rings. The Morgan fingerprint density at radius 3 is 1.76 bits per heavy atom. The van der Waals surface area contributed by atoms with Crippen LogP contribution in [-0.4, -0.2) is 27.0 Å². The monoisotopic (exact) mass is 357 g/mol. The van der Waals surface area contributed by atoms with Crippen molar-refractivity contribution in [1.29, 1.82) is 0 Å². The van der Waals surface area contributed by atoms with Crippen molar-refractivity contribution in [3.05, 3.63) is 28.8 Å². The van der Waals surface area contributed by atoms with Crippen molar-refractivity contribution in [2.75, 3.05) is 6.26 Å². The zero-order chi connectivity index (χ0) is 16.9. The van der Waals surface area contributed by atoms with Gasteiger partial charge in [0.2, 0.25) is 0 Å². The second-order valence-electron chi connectivity index (χ2n) is 4.01. The van der Waals surface area contributed by atoms with Crippen molar-refractivity contribution in [2.24, 2.45) is 0 Å². The summed E-state index contributed by atoms with van der Waals surface area (Å²) in [5.74, 6) is 0. The standard InChI is InChI=1S/C10H5ClF7O2S/c1-21(19,20)7-3-5(2-6(11)4-7)8(12,9(13,14)15)10(16,17)18/h2-3H,1H3. The summed E-state index contributed by atoms with van der Waals surface area (Å²) in [6.07, 6.45) is -12.2. The van der Waals surface area contributed by atoms with Gasteiger partial charge in [-0.15, -0.1) is 0 Å². The van der Waals surface area contributed by atoms with Crippen LogP contribution in [0.25, 0.3) is 0 Å². The Bertz CT molecular complexity index is 634. The highest BCUT2D eigenvalue weighted by Crippen LogP contribution is 2.53. The molecule has 1 rings (SSSR count). The molecule has 0 fully saturated rings. The maximum Gasteiger partial charge on any atom is 0.435 e. The molecule has 0 atom stereocenters. The first-order valence-corrected chi connectivity index (χ1v) is 7.13. The molecule has 0 heterocycles. The number of benzene rings is 1. The van der Waals surface area contributed by atoms with E-state index in [2.05, 4.69) is 0 Å². The number of hydrogen-bond donors (Lipinski definition) is 0. The molecule has 119 valence electrons. The molecule has 0 saturated heterocycles. The molecule has 0 aliphatic carbocycles.